The van der Waals surface area contributed by atoms with E-state index in [1.54, 1.807) is 0 Å². The van der Waals surface area contributed by atoms with Gasteiger partial charge in [0.25, 0.3) is 0 Å². The molecule has 0 bridgehead atoms. The van der Waals surface area contributed by atoms with Crippen LogP contribution in [0.3, 0.4) is 0 Å². The van der Waals surface area contributed by atoms with Gasteiger partial charge in [0.05, 0.1) is 0 Å². The van der Waals surface area contributed by atoms with Crippen molar-refractivity contribution < 1.29 is 0 Å². The molecule has 0 radical (unpaired) electrons. The summed E-state index contributed by atoms with van der Waals surface area (Å²) in [4.78, 5) is 9.44. The molecule has 29 heavy (non-hydrogen) atoms. The van der Waals surface area contributed by atoms with E-state index in [1.807, 2.05) is 7.05 Å². The van der Waals surface area contributed by atoms with Crippen molar-refractivity contribution in [3.05, 3.63) is 35.9 Å². The third-order valence-electron chi connectivity index (χ3n) is 5.86. The highest BCUT2D eigenvalue weighted by atomic mass is 127. The standard InChI is InChI=1S/C23H41N5.HI/c1-5-6-16-28-17-13-22(14-18-28)26-23(24-3)25-15-12-20(2)27(4)19-21-10-8-7-9-11-21;/h7-11,20,22H,5-6,12-19H2,1-4H3,(H2,24,25,26);1H. The maximum Gasteiger partial charge on any atom is 0.191 e. The van der Waals surface area contributed by atoms with Crippen LogP contribution in [0.4, 0.5) is 0 Å². The molecule has 2 N–H and O–H groups in total. The number of aliphatic imine (C=N–C) groups is 1. The molecule has 1 aliphatic heterocycles. The van der Waals surface area contributed by atoms with E-state index >= 15 is 0 Å². The van der Waals surface area contributed by atoms with E-state index in [1.165, 1.54) is 50.9 Å². The monoisotopic (exact) mass is 515 g/mol. The maximum absolute atomic E-state index is 4.43. The number of rotatable bonds is 10. The largest absolute Gasteiger partial charge is 0.356 e. The Labute approximate surface area is 195 Å². The van der Waals surface area contributed by atoms with Crippen molar-refractivity contribution >= 4 is 29.9 Å². The normalized spacial score (nSPS) is 17.1. The third kappa shape index (κ3) is 10.1. The van der Waals surface area contributed by atoms with Gasteiger partial charge in [0.15, 0.2) is 5.96 Å². The van der Waals surface area contributed by atoms with Crippen LogP contribution in [-0.2, 0) is 6.54 Å². The van der Waals surface area contributed by atoms with E-state index in [0.29, 0.717) is 12.1 Å². The molecule has 0 saturated carbocycles. The molecule has 166 valence electrons. The fraction of sp³-hybridized carbons (Fsp3) is 0.696. The van der Waals surface area contributed by atoms with Crippen LogP contribution in [0.15, 0.2) is 35.3 Å². The predicted molar refractivity (Wildman–Crippen MR) is 136 cm³/mol. The number of benzene rings is 1. The molecule has 1 heterocycles. The van der Waals surface area contributed by atoms with E-state index in [-0.39, 0.29) is 24.0 Å². The first-order chi connectivity index (χ1) is 13.6. The summed E-state index contributed by atoms with van der Waals surface area (Å²) in [5, 5.41) is 7.13. The number of nitrogens with zero attached hydrogens (tertiary/aromatic N) is 3. The van der Waals surface area contributed by atoms with Gasteiger partial charge in [0.2, 0.25) is 0 Å². The lowest BCUT2D eigenvalue weighted by Crippen LogP contribution is -2.49. The van der Waals surface area contributed by atoms with Crippen LogP contribution in [0.25, 0.3) is 0 Å². The molecule has 1 aliphatic rings. The Morgan fingerprint density at radius 2 is 1.93 bits per heavy atom. The van der Waals surface area contributed by atoms with E-state index in [9.17, 15) is 0 Å². The van der Waals surface area contributed by atoms with Gasteiger partial charge in [-0.25, -0.2) is 0 Å². The summed E-state index contributed by atoms with van der Waals surface area (Å²) in [5.41, 5.74) is 1.37. The van der Waals surface area contributed by atoms with Gasteiger partial charge in [-0.1, -0.05) is 43.7 Å². The molecule has 1 fully saturated rings. The Kier molecular flexibility index (Phi) is 13.6. The van der Waals surface area contributed by atoms with Gasteiger partial charge in [0.1, 0.15) is 0 Å². The van der Waals surface area contributed by atoms with Crippen molar-refractivity contribution in [1.82, 2.24) is 20.4 Å². The molecule has 1 aromatic rings. The zero-order valence-electron chi connectivity index (χ0n) is 18.9. The number of piperidine rings is 1. The minimum absolute atomic E-state index is 0. The van der Waals surface area contributed by atoms with Gasteiger partial charge >= 0.3 is 0 Å². The molecule has 6 heteroatoms. The summed E-state index contributed by atoms with van der Waals surface area (Å²) < 4.78 is 0. The molecule has 0 aromatic heterocycles. The van der Waals surface area contributed by atoms with E-state index < -0.39 is 0 Å². The van der Waals surface area contributed by atoms with Gasteiger partial charge in [0, 0.05) is 45.3 Å². The third-order valence-corrected chi connectivity index (χ3v) is 5.86. The second kappa shape index (κ2) is 15.0. The average molecular weight is 516 g/mol. The number of likely N-dealkylation sites (tertiary alicyclic amines) is 1. The van der Waals surface area contributed by atoms with Crippen molar-refractivity contribution in [3.63, 3.8) is 0 Å². The van der Waals surface area contributed by atoms with Crippen LogP contribution < -0.4 is 10.6 Å². The lowest BCUT2D eigenvalue weighted by molar-refractivity contribution is 0.203. The van der Waals surface area contributed by atoms with Gasteiger partial charge in [-0.3, -0.25) is 9.89 Å². The molecular formula is C23H42IN5. The summed E-state index contributed by atoms with van der Waals surface area (Å²) in [6.45, 7) is 10.2. The fourth-order valence-corrected chi connectivity index (χ4v) is 3.72. The Morgan fingerprint density at radius 1 is 1.24 bits per heavy atom. The van der Waals surface area contributed by atoms with Crippen LogP contribution in [0.2, 0.25) is 0 Å². The van der Waals surface area contributed by atoms with E-state index in [4.69, 9.17) is 0 Å². The topological polar surface area (TPSA) is 42.9 Å². The molecule has 1 unspecified atom stereocenters. The lowest BCUT2D eigenvalue weighted by Gasteiger charge is -2.33. The summed E-state index contributed by atoms with van der Waals surface area (Å²) in [7, 11) is 4.08. The number of unbranched alkanes of at least 4 members (excludes halogenated alkanes) is 1. The smallest absolute Gasteiger partial charge is 0.191 e. The zero-order valence-corrected chi connectivity index (χ0v) is 21.2. The molecular weight excluding hydrogens is 473 g/mol. The maximum atomic E-state index is 4.43. The minimum Gasteiger partial charge on any atom is -0.356 e. The minimum atomic E-state index is 0. The Bertz CT molecular complexity index is 558. The number of hydrogen-bond acceptors (Lipinski definition) is 3. The second-order valence-corrected chi connectivity index (χ2v) is 8.15. The molecule has 1 saturated heterocycles. The highest BCUT2D eigenvalue weighted by Gasteiger charge is 2.19. The molecule has 0 amide bonds. The van der Waals surface area contributed by atoms with Gasteiger partial charge in [-0.15, -0.1) is 24.0 Å². The highest BCUT2D eigenvalue weighted by Crippen LogP contribution is 2.11. The van der Waals surface area contributed by atoms with Crippen LogP contribution in [0, 0.1) is 0 Å². The second-order valence-electron chi connectivity index (χ2n) is 8.15. The number of guanidine groups is 1. The predicted octanol–water partition coefficient (Wildman–Crippen LogP) is 3.94. The number of hydrogen-bond donors (Lipinski definition) is 2. The fourth-order valence-electron chi connectivity index (χ4n) is 3.72. The van der Waals surface area contributed by atoms with Crippen molar-refractivity contribution in [2.45, 2.75) is 64.6 Å². The van der Waals surface area contributed by atoms with Gasteiger partial charge in [-0.05, 0) is 51.8 Å². The number of halogens is 1. The van der Waals surface area contributed by atoms with E-state index in [2.05, 4.69) is 76.7 Å². The van der Waals surface area contributed by atoms with Crippen molar-refractivity contribution in [3.8, 4) is 0 Å². The van der Waals surface area contributed by atoms with Crippen LogP contribution in [0.1, 0.15) is 51.5 Å². The Morgan fingerprint density at radius 3 is 2.55 bits per heavy atom. The molecule has 5 nitrogen and oxygen atoms in total. The first kappa shape index (κ1) is 26.2. The summed E-state index contributed by atoms with van der Waals surface area (Å²) in [5.74, 6) is 0.949. The quantitative estimate of drug-likeness (QED) is 0.282. The van der Waals surface area contributed by atoms with Gasteiger partial charge in [-0.2, -0.15) is 0 Å². The zero-order chi connectivity index (χ0) is 20.2. The van der Waals surface area contributed by atoms with Crippen LogP contribution >= 0.6 is 24.0 Å². The summed E-state index contributed by atoms with van der Waals surface area (Å²) >= 11 is 0. The first-order valence-electron chi connectivity index (χ1n) is 11.1. The first-order valence-corrected chi connectivity index (χ1v) is 11.1. The average Bonchev–Trinajstić information content (AvgIpc) is 2.73. The molecule has 1 atom stereocenters. The summed E-state index contributed by atoms with van der Waals surface area (Å²) in [6, 6.07) is 11.7. The summed E-state index contributed by atoms with van der Waals surface area (Å²) in [6.07, 6.45) is 6.12. The van der Waals surface area contributed by atoms with Crippen LogP contribution in [0.5, 0.6) is 0 Å². The Hall–Kier alpha value is -0.860. The van der Waals surface area contributed by atoms with Crippen molar-refractivity contribution in [1.29, 1.82) is 0 Å². The molecule has 1 aromatic carbocycles. The van der Waals surface area contributed by atoms with E-state index in [0.717, 1.165) is 25.5 Å². The highest BCUT2D eigenvalue weighted by molar-refractivity contribution is 14.0. The molecule has 0 aliphatic carbocycles. The molecule has 0 spiro atoms. The van der Waals surface area contributed by atoms with Crippen molar-refractivity contribution in [2.75, 3.05) is 40.3 Å². The molecule has 2 rings (SSSR count). The number of nitrogens with one attached hydrogen (secondary N) is 2. The van der Waals surface area contributed by atoms with Gasteiger partial charge < -0.3 is 15.5 Å². The van der Waals surface area contributed by atoms with Crippen molar-refractivity contribution in [2.24, 2.45) is 4.99 Å². The van der Waals surface area contributed by atoms with Crippen LogP contribution in [-0.4, -0.2) is 68.1 Å². The lowest BCUT2D eigenvalue weighted by atomic mass is 10.0. The Balaban J connectivity index is 0.00000420. The SMILES string of the molecule is CCCCN1CCC(NC(=NC)NCCC(C)N(C)Cc2ccccc2)CC1.I.